The molecule has 152 valence electrons. The Labute approximate surface area is 181 Å². The number of halogens is 1. The van der Waals surface area contributed by atoms with Crippen LogP contribution in [0.4, 0.5) is 5.69 Å². The summed E-state index contributed by atoms with van der Waals surface area (Å²) in [6, 6.07) is 6.76. The van der Waals surface area contributed by atoms with E-state index in [9.17, 15) is 13.2 Å². The molecule has 0 aliphatic heterocycles. The average molecular weight is 445 g/mol. The highest BCUT2D eigenvalue weighted by Gasteiger charge is 2.24. The molecule has 4 rings (SSSR count). The molecule has 3 heterocycles. The number of H-pyrrole nitrogens is 1. The van der Waals surface area contributed by atoms with Gasteiger partial charge in [0.05, 0.1) is 10.6 Å². The van der Waals surface area contributed by atoms with Gasteiger partial charge in [-0.1, -0.05) is 11.6 Å². The zero-order chi connectivity index (χ0) is 24.0. The van der Waals surface area contributed by atoms with Crippen molar-refractivity contribution in [1.29, 1.82) is 0 Å². The quantitative estimate of drug-likeness (QED) is 0.453. The maximum atomic E-state index is 13.3. The molecule has 0 aliphatic rings. The second-order valence-corrected chi connectivity index (χ2v) is 8.52. The molecule has 3 aromatic heterocycles. The number of aromatic nitrogens is 4. The van der Waals surface area contributed by atoms with Crippen LogP contribution in [-0.2, 0) is 10.0 Å². The zero-order valence-electron chi connectivity index (χ0n) is 18.5. The number of hydrogen-bond acceptors (Lipinski definition) is 6. The van der Waals surface area contributed by atoms with Gasteiger partial charge in [0.15, 0.2) is 0 Å². The van der Waals surface area contributed by atoms with Crippen LogP contribution in [0, 0.1) is 13.8 Å². The number of aromatic amines is 1. The highest BCUT2D eigenvalue weighted by molar-refractivity contribution is 7.92. The van der Waals surface area contributed by atoms with Gasteiger partial charge in [-0.2, -0.15) is 0 Å². The molecule has 0 atom stereocenters. The predicted octanol–water partition coefficient (Wildman–Crippen LogP) is 3.65. The smallest absolute Gasteiger partial charge is 0.261 e. The summed E-state index contributed by atoms with van der Waals surface area (Å²) in [4.78, 5) is 28.1. The Morgan fingerprint density at radius 3 is 2.77 bits per heavy atom. The van der Waals surface area contributed by atoms with Crippen LogP contribution >= 0.6 is 11.6 Å². The first kappa shape index (κ1) is 16.5. The summed E-state index contributed by atoms with van der Waals surface area (Å²) in [7, 11) is -4.21. The normalized spacial score (nSPS) is 13.5. The number of pyridine rings is 1. The molecular formula is C20H16ClN5O3S. The molecule has 8 nitrogen and oxygen atoms in total. The third-order valence-electron chi connectivity index (χ3n) is 4.36. The van der Waals surface area contributed by atoms with Gasteiger partial charge in [0, 0.05) is 26.9 Å². The third-order valence-corrected chi connectivity index (χ3v) is 6.14. The third kappa shape index (κ3) is 3.64. The number of carbonyl (C=O) groups excluding carboxylic acids is 1. The molecule has 0 bridgehead atoms. The molecule has 0 spiro atoms. The summed E-state index contributed by atoms with van der Waals surface area (Å²) in [5, 5.41) is 0.793. The van der Waals surface area contributed by atoms with E-state index in [0.717, 1.165) is 12.3 Å². The Balaban J connectivity index is 1.84. The molecule has 10 heteroatoms. The molecule has 0 fully saturated rings. The van der Waals surface area contributed by atoms with Crippen molar-refractivity contribution in [1.82, 2.24) is 19.9 Å². The molecule has 1 aromatic carbocycles. The Morgan fingerprint density at radius 2 is 2.00 bits per heavy atom. The Bertz CT molecular complexity index is 1500. The largest absolute Gasteiger partial charge is 0.346 e. The molecule has 0 amide bonds. The lowest BCUT2D eigenvalue weighted by Gasteiger charge is -2.13. The van der Waals surface area contributed by atoms with Crippen molar-refractivity contribution in [2.75, 3.05) is 4.72 Å². The number of fused-ring (bicyclic) bond motifs is 1. The number of hydrogen-bond donors (Lipinski definition) is 2. The van der Waals surface area contributed by atoms with Gasteiger partial charge in [0.1, 0.15) is 23.4 Å². The minimum Gasteiger partial charge on any atom is -0.346 e. The number of nitrogens with one attached hydrogen (secondary N) is 2. The fraction of sp³-hybridized carbons (Fsp3) is 0.100. The summed E-state index contributed by atoms with van der Waals surface area (Å²) < 4.78 is 51.3. The van der Waals surface area contributed by atoms with E-state index in [1.807, 2.05) is 0 Å². The standard InChI is InChI=1S/C20H16ClN5O3S/c1-11-7-16(26-30(28,29)13-3-4-15(21)12(2)8-13)18(23-9-11)19(27)17-14-5-6-22-20(14)25-10-24-17/h3-10,26H,1-2H3,(H,22,24,25)/i1D3. The van der Waals surface area contributed by atoms with Crippen LogP contribution in [-0.4, -0.2) is 34.1 Å². The first-order chi connectivity index (χ1) is 15.5. The van der Waals surface area contributed by atoms with Gasteiger partial charge < -0.3 is 4.98 Å². The van der Waals surface area contributed by atoms with Crippen LogP contribution in [0.5, 0.6) is 0 Å². The lowest BCUT2D eigenvalue weighted by atomic mass is 10.1. The molecule has 0 saturated carbocycles. The topological polar surface area (TPSA) is 118 Å². The molecule has 0 aliphatic carbocycles. The van der Waals surface area contributed by atoms with Crippen LogP contribution in [0.25, 0.3) is 11.0 Å². The van der Waals surface area contributed by atoms with Crippen molar-refractivity contribution in [3.63, 3.8) is 0 Å². The lowest BCUT2D eigenvalue weighted by molar-refractivity contribution is 0.103. The first-order valence-corrected chi connectivity index (χ1v) is 10.5. The van der Waals surface area contributed by atoms with Gasteiger partial charge in [-0.15, -0.1) is 0 Å². The molecule has 0 unspecified atom stereocenters. The number of carbonyl (C=O) groups is 1. The van der Waals surface area contributed by atoms with Gasteiger partial charge >= 0.3 is 0 Å². The Hall–Kier alpha value is -3.30. The maximum absolute atomic E-state index is 13.3. The van der Waals surface area contributed by atoms with Gasteiger partial charge in [0.25, 0.3) is 10.0 Å². The summed E-state index contributed by atoms with van der Waals surface area (Å²) >= 11 is 5.99. The van der Waals surface area contributed by atoms with E-state index < -0.39 is 22.7 Å². The fourth-order valence-electron chi connectivity index (χ4n) is 2.88. The number of benzene rings is 1. The van der Waals surface area contributed by atoms with E-state index in [0.29, 0.717) is 21.6 Å². The van der Waals surface area contributed by atoms with Crippen LogP contribution < -0.4 is 4.72 Å². The summed E-state index contributed by atoms with van der Waals surface area (Å²) in [6.45, 7) is -0.932. The van der Waals surface area contributed by atoms with Crippen molar-refractivity contribution in [3.05, 3.63) is 76.6 Å². The van der Waals surface area contributed by atoms with Gasteiger partial charge in [-0.3, -0.25) is 14.5 Å². The maximum Gasteiger partial charge on any atom is 0.261 e. The number of rotatable bonds is 5. The summed E-state index contributed by atoms with van der Waals surface area (Å²) in [6.07, 6.45) is 3.77. The van der Waals surface area contributed by atoms with Crippen molar-refractivity contribution >= 4 is 44.1 Å². The second kappa shape index (κ2) is 7.51. The molecule has 30 heavy (non-hydrogen) atoms. The molecular weight excluding hydrogens is 426 g/mol. The van der Waals surface area contributed by atoms with E-state index in [1.165, 1.54) is 24.5 Å². The number of anilines is 1. The number of sulfonamides is 1. The SMILES string of the molecule is [2H]C([2H])([2H])c1cnc(C(=O)c2ncnc3[nH]ccc23)c(NS(=O)(=O)c2ccc(Cl)c(C)c2)c1. The Morgan fingerprint density at radius 1 is 1.17 bits per heavy atom. The molecule has 2 N–H and O–H groups in total. The number of ketones is 1. The van der Waals surface area contributed by atoms with Crippen molar-refractivity contribution < 1.29 is 17.3 Å². The van der Waals surface area contributed by atoms with Crippen LogP contribution in [0.2, 0.25) is 5.02 Å². The predicted molar refractivity (Wildman–Crippen MR) is 113 cm³/mol. The molecule has 4 aromatic rings. The van der Waals surface area contributed by atoms with Crippen molar-refractivity contribution in [2.45, 2.75) is 18.7 Å². The summed E-state index contributed by atoms with van der Waals surface area (Å²) in [5.74, 6) is -0.705. The van der Waals surface area contributed by atoms with E-state index in [1.54, 1.807) is 19.2 Å². The number of aryl methyl sites for hydroxylation is 2. The first-order valence-electron chi connectivity index (χ1n) is 10.1. The molecule has 0 radical (unpaired) electrons. The van der Waals surface area contributed by atoms with E-state index in [2.05, 4.69) is 24.7 Å². The highest BCUT2D eigenvalue weighted by Crippen LogP contribution is 2.26. The van der Waals surface area contributed by atoms with Crippen molar-refractivity contribution in [3.8, 4) is 0 Å². The summed E-state index contributed by atoms with van der Waals surface area (Å²) in [5.41, 5.74) is 0.0888. The minimum atomic E-state index is -4.21. The van der Waals surface area contributed by atoms with E-state index in [-0.39, 0.29) is 27.5 Å². The average Bonchev–Trinajstić information content (AvgIpc) is 3.23. The van der Waals surface area contributed by atoms with Gasteiger partial charge in [-0.25, -0.2) is 18.4 Å². The highest BCUT2D eigenvalue weighted by atomic mass is 35.5. The second-order valence-electron chi connectivity index (χ2n) is 6.43. The minimum absolute atomic E-state index is 0.0156. The lowest BCUT2D eigenvalue weighted by Crippen LogP contribution is -2.18. The van der Waals surface area contributed by atoms with Gasteiger partial charge in [-0.05, 0) is 55.2 Å². The van der Waals surface area contributed by atoms with E-state index in [4.69, 9.17) is 15.7 Å². The monoisotopic (exact) mass is 444 g/mol. The van der Waals surface area contributed by atoms with E-state index >= 15 is 0 Å². The van der Waals surface area contributed by atoms with Crippen LogP contribution in [0.15, 0.2) is 53.9 Å². The zero-order valence-corrected chi connectivity index (χ0v) is 17.0. The number of nitrogens with zero attached hydrogens (tertiary/aromatic N) is 3. The Kier molecular flexibility index (Phi) is 4.13. The van der Waals surface area contributed by atoms with Crippen LogP contribution in [0.1, 0.15) is 31.4 Å². The van der Waals surface area contributed by atoms with Crippen LogP contribution in [0.3, 0.4) is 0 Å². The fourth-order valence-corrected chi connectivity index (χ4v) is 4.14. The van der Waals surface area contributed by atoms with Crippen molar-refractivity contribution in [2.24, 2.45) is 0 Å². The molecule has 0 saturated heterocycles. The van der Waals surface area contributed by atoms with Gasteiger partial charge in [0.2, 0.25) is 5.78 Å².